The van der Waals surface area contributed by atoms with Gasteiger partial charge in [-0.05, 0) is 0 Å². The van der Waals surface area contributed by atoms with E-state index in [1.165, 1.54) is 0 Å². The number of carbonyl (C=O) groups is 1. The zero-order valence-corrected chi connectivity index (χ0v) is 9.68. The quantitative estimate of drug-likeness (QED) is 0.719. The van der Waals surface area contributed by atoms with Crippen LogP contribution < -0.4 is 9.61 Å². The molecule has 1 spiro atoms. The monoisotopic (exact) mass is 255 g/mol. The third-order valence-electron chi connectivity index (χ3n) is 3.13. The van der Waals surface area contributed by atoms with Gasteiger partial charge in [0, 0.05) is 0 Å². The molecule has 4 rings (SSSR count). The van der Waals surface area contributed by atoms with Crippen LogP contribution in [0.1, 0.15) is 11.4 Å². The van der Waals surface area contributed by atoms with Crippen LogP contribution in [0.5, 0.6) is 5.75 Å². The average Bonchev–Trinajstić information content (AvgIpc) is 2.91. The summed E-state index contributed by atoms with van der Waals surface area (Å²) in [5.41, 5.74) is 0.797. The molecule has 3 aliphatic heterocycles. The van der Waals surface area contributed by atoms with Gasteiger partial charge in [-0.15, -0.1) is 0 Å². The Balaban J connectivity index is 1.94. The second-order valence-electron chi connectivity index (χ2n) is 4.11. The molecule has 0 radical (unpaired) electrons. The number of hydrogen-bond acceptors (Lipinski definition) is 5. The number of benzene rings is 1. The fraction of sp³-hybridized carbons (Fsp3) is 0.300. The van der Waals surface area contributed by atoms with Gasteiger partial charge in [0.1, 0.15) is 0 Å². The molecule has 17 heavy (non-hydrogen) atoms. The first kappa shape index (κ1) is 9.65. The summed E-state index contributed by atoms with van der Waals surface area (Å²) in [4.78, 5) is 11.5. The SMILES string of the molecule is O=C1NP23(OCCO2)Oc2ccccc2C3O1. The molecule has 6 nitrogen and oxygen atoms in total. The van der Waals surface area contributed by atoms with Gasteiger partial charge in [-0.2, -0.15) is 0 Å². The standard InChI is InChI=1S/C10H10NO5P/c12-10-11-17(13-5-6-14-17)9(15-10)7-3-1-2-4-8(7)16-17/h1-4,9H,5-6H2,(H,11,12). The van der Waals surface area contributed by atoms with Crippen molar-refractivity contribution in [3.05, 3.63) is 29.8 Å². The second kappa shape index (κ2) is 2.72. The number of nitrogens with one attached hydrogen (secondary N) is 1. The van der Waals surface area contributed by atoms with Gasteiger partial charge in [-0.3, -0.25) is 0 Å². The van der Waals surface area contributed by atoms with Crippen LogP contribution in [0.3, 0.4) is 0 Å². The molecule has 0 saturated carbocycles. The van der Waals surface area contributed by atoms with Crippen LogP contribution in [-0.2, 0) is 13.8 Å². The summed E-state index contributed by atoms with van der Waals surface area (Å²) in [5, 5.41) is 2.65. The fourth-order valence-corrected chi connectivity index (χ4v) is 6.05. The molecule has 0 aromatic heterocycles. The van der Waals surface area contributed by atoms with Crippen LogP contribution in [0.15, 0.2) is 24.3 Å². The maximum atomic E-state index is 11.5. The molecule has 1 atom stereocenters. The molecular weight excluding hydrogens is 245 g/mol. The van der Waals surface area contributed by atoms with E-state index >= 15 is 0 Å². The number of para-hydroxylation sites is 1. The van der Waals surface area contributed by atoms with Gasteiger partial charge >= 0.3 is 96.4 Å². The molecule has 2 fully saturated rings. The van der Waals surface area contributed by atoms with Crippen molar-refractivity contribution in [1.82, 2.24) is 5.09 Å². The molecule has 3 aliphatic rings. The van der Waals surface area contributed by atoms with Crippen LogP contribution >= 0.6 is 7.43 Å². The van der Waals surface area contributed by atoms with Crippen molar-refractivity contribution in [2.24, 2.45) is 0 Å². The Morgan fingerprint density at radius 1 is 1.24 bits per heavy atom. The molecule has 1 aromatic rings. The number of carbonyl (C=O) groups excluding carboxylic acids is 1. The van der Waals surface area contributed by atoms with Crippen LogP contribution in [-0.4, -0.2) is 19.3 Å². The summed E-state index contributed by atoms with van der Waals surface area (Å²) in [6.45, 7) is 0.790. The van der Waals surface area contributed by atoms with Crippen molar-refractivity contribution in [3.8, 4) is 5.75 Å². The van der Waals surface area contributed by atoms with E-state index in [9.17, 15) is 4.79 Å². The summed E-state index contributed by atoms with van der Waals surface area (Å²) in [7, 11) is -3.66. The van der Waals surface area contributed by atoms with Crippen LogP contribution in [0.2, 0.25) is 0 Å². The van der Waals surface area contributed by atoms with E-state index in [1.807, 2.05) is 24.3 Å². The van der Waals surface area contributed by atoms with Crippen molar-refractivity contribution in [1.29, 1.82) is 0 Å². The Bertz CT molecular complexity index is 527. The van der Waals surface area contributed by atoms with Crippen molar-refractivity contribution >= 4 is 13.5 Å². The number of fused-ring (bicyclic) bond motifs is 2. The molecule has 1 amide bonds. The molecule has 2 saturated heterocycles. The molecule has 0 aliphatic carbocycles. The number of rotatable bonds is 0. The van der Waals surface area contributed by atoms with E-state index in [2.05, 4.69) is 5.09 Å². The van der Waals surface area contributed by atoms with Gasteiger partial charge < -0.3 is 0 Å². The maximum absolute atomic E-state index is 11.5. The third kappa shape index (κ3) is 0.989. The number of hydrogen-bond donors (Lipinski definition) is 1. The summed E-state index contributed by atoms with van der Waals surface area (Å²) in [6, 6.07) is 7.39. The first-order chi connectivity index (χ1) is 8.22. The van der Waals surface area contributed by atoms with E-state index in [0.29, 0.717) is 19.0 Å². The van der Waals surface area contributed by atoms with Gasteiger partial charge in [0.2, 0.25) is 0 Å². The molecule has 3 heterocycles. The molecule has 0 bridgehead atoms. The molecule has 1 N–H and O–H groups in total. The van der Waals surface area contributed by atoms with Gasteiger partial charge in [-0.1, -0.05) is 0 Å². The normalized spacial score (nSPS) is 32.8. The first-order valence-corrected chi connectivity index (χ1v) is 7.38. The van der Waals surface area contributed by atoms with E-state index in [1.54, 1.807) is 0 Å². The van der Waals surface area contributed by atoms with E-state index in [4.69, 9.17) is 18.3 Å². The van der Waals surface area contributed by atoms with Crippen LogP contribution in [0, 0.1) is 0 Å². The van der Waals surface area contributed by atoms with Gasteiger partial charge in [-0.25, -0.2) is 0 Å². The first-order valence-electron chi connectivity index (χ1n) is 5.32. The minimum absolute atomic E-state index is 0.395. The summed E-state index contributed by atoms with van der Waals surface area (Å²) < 4.78 is 22.5. The fourth-order valence-electron chi connectivity index (χ4n) is 2.48. The minimum atomic E-state index is -3.66. The Morgan fingerprint density at radius 2 is 2.00 bits per heavy atom. The Hall–Kier alpha value is -1.36. The van der Waals surface area contributed by atoms with Gasteiger partial charge in [0.25, 0.3) is 0 Å². The average molecular weight is 255 g/mol. The number of ether oxygens (including phenoxy) is 1. The van der Waals surface area contributed by atoms with Crippen LogP contribution in [0.4, 0.5) is 4.79 Å². The molecule has 1 unspecified atom stereocenters. The van der Waals surface area contributed by atoms with Gasteiger partial charge in [0.05, 0.1) is 0 Å². The Kier molecular flexibility index (Phi) is 1.54. The summed E-state index contributed by atoms with van der Waals surface area (Å²) in [6.07, 6.45) is -0.552. The molecule has 90 valence electrons. The predicted octanol–water partition coefficient (Wildman–Crippen LogP) is 2.08. The van der Waals surface area contributed by atoms with E-state index < -0.39 is 19.4 Å². The van der Waals surface area contributed by atoms with E-state index in [0.717, 1.165) is 5.56 Å². The van der Waals surface area contributed by atoms with Crippen molar-refractivity contribution in [3.63, 3.8) is 0 Å². The topological polar surface area (TPSA) is 66.0 Å². The van der Waals surface area contributed by atoms with Crippen molar-refractivity contribution in [2.45, 2.75) is 5.85 Å². The predicted molar refractivity (Wildman–Crippen MR) is 58.3 cm³/mol. The Labute approximate surface area is 97.0 Å². The summed E-state index contributed by atoms with van der Waals surface area (Å²) >= 11 is 0. The Morgan fingerprint density at radius 3 is 2.82 bits per heavy atom. The van der Waals surface area contributed by atoms with Crippen LogP contribution in [0.25, 0.3) is 0 Å². The molecule has 1 aromatic carbocycles. The molecule has 7 heteroatoms. The van der Waals surface area contributed by atoms with Crippen molar-refractivity contribution < 1.29 is 23.1 Å². The summed E-state index contributed by atoms with van der Waals surface area (Å²) in [5.74, 6) is 0.0456. The zero-order valence-electron chi connectivity index (χ0n) is 8.79. The zero-order chi connectivity index (χ0) is 11.5. The number of amides is 1. The second-order valence-corrected chi connectivity index (χ2v) is 7.39. The third-order valence-corrected chi connectivity index (χ3v) is 6.79. The van der Waals surface area contributed by atoms with E-state index in [-0.39, 0.29) is 0 Å². The molecular formula is C10H10NO5P. The van der Waals surface area contributed by atoms with Gasteiger partial charge in [0.15, 0.2) is 0 Å². The van der Waals surface area contributed by atoms with Crippen molar-refractivity contribution in [2.75, 3.05) is 13.2 Å².